The summed E-state index contributed by atoms with van der Waals surface area (Å²) in [6.45, 7) is 2.68. The van der Waals surface area contributed by atoms with E-state index in [1.54, 1.807) is 14.2 Å². The first-order valence-electron chi connectivity index (χ1n) is 9.50. The van der Waals surface area contributed by atoms with Gasteiger partial charge in [0, 0.05) is 12.7 Å². The Hall–Kier alpha value is -3.19. The van der Waals surface area contributed by atoms with Gasteiger partial charge in [-0.25, -0.2) is 0 Å². The SMILES string of the molecule is CCC(C(=O)n1nc(OCCOC)nc1-c1ccc(OC)cc1)c1ccccc1. The van der Waals surface area contributed by atoms with Crippen molar-refractivity contribution >= 4 is 5.91 Å². The van der Waals surface area contributed by atoms with Gasteiger partial charge in [-0.1, -0.05) is 37.3 Å². The van der Waals surface area contributed by atoms with Crippen LogP contribution < -0.4 is 9.47 Å². The maximum atomic E-state index is 13.4. The van der Waals surface area contributed by atoms with Crippen LogP contribution in [0, 0.1) is 0 Å². The maximum absolute atomic E-state index is 13.4. The summed E-state index contributed by atoms with van der Waals surface area (Å²) in [7, 11) is 3.20. The van der Waals surface area contributed by atoms with Gasteiger partial charge in [0.2, 0.25) is 0 Å². The molecule has 7 nitrogen and oxygen atoms in total. The minimum atomic E-state index is -0.332. The highest BCUT2D eigenvalue weighted by Crippen LogP contribution is 2.27. The Bertz CT molecular complexity index is 923. The van der Waals surface area contributed by atoms with Gasteiger partial charge in [-0.15, -0.1) is 5.10 Å². The molecule has 152 valence electrons. The number of aromatic nitrogens is 3. The van der Waals surface area contributed by atoms with E-state index in [0.29, 0.717) is 25.5 Å². The molecule has 29 heavy (non-hydrogen) atoms. The predicted octanol–water partition coefficient (Wildman–Crippen LogP) is 3.81. The van der Waals surface area contributed by atoms with Crippen LogP contribution in [0.15, 0.2) is 54.6 Å². The summed E-state index contributed by atoms with van der Waals surface area (Å²) in [6, 6.07) is 17.1. The van der Waals surface area contributed by atoms with Crippen molar-refractivity contribution in [1.82, 2.24) is 14.8 Å². The number of ether oxygens (including phenoxy) is 3. The zero-order valence-corrected chi connectivity index (χ0v) is 16.9. The Labute approximate surface area is 170 Å². The van der Waals surface area contributed by atoms with Crippen LogP contribution in [-0.4, -0.2) is 48.1 Å². The molecule has 0 aliphatic rings. The molecule has 1 heterocycles. The van der Waals surface area contributed by atoms with Gasteiger partial charge in [0.25, 0.3) is 5.91 Å². The zero-order valence-electron chi connectivity index (χ0n) is 16.9. The molecule has 0 aliphatic heterocycles. The van der Waals surface area contributed by atoms with Gasteiger partial charge in [0.05, 0.1) is 19.6 Å². The molecule has 3 rings (SSSR count). The summed E-state index contributed by atoms with van der Waals surface area (Å²) < 4.78 is 17.1. The van der Waals surface area contributed by atoms with Crippen LogP contribution in [0.3, 0.4) is 0 Å². The average molecular weight is 395 g/mol. The molecule has 1 unspecified atom stereocenters. The van der Waals surface area contributed by atoms with E-state index >= 15 is 0 Å². The molecule has 1 atom stereocenters. The summed E-state index contributed by atoms with van der Waals surface area (Å²) >= 11 is 0. The van der Waals surface area contributed by atoms with E-state index in [9.17, 15) is 4.79 Å². The van der Waals surface area contributed by atoms with Crippen molar-refractivity contribution in [2.75, 3.05) is 27.4 Å². The summed E-state index contributed by atoms with van der Waals surface area (Å²) in [5.41, 5.74) is 1.69. The van der Waals surface area contributed by atoms with Crippen LogP contribution in [0.4, 0.5) is 0 Å². The van der Waals surface area contributed by atoms with E-state index in [0.717, 1.165) is 16.9 Å². The van der Waals surface area contributed by atoms with Gasteiger partial charge in [-0.05, 0) is 36.2 Å². The molecule has 0 N–H and O–H groups in total. The molecule has 0 radical (unpaired) electrons. The van der Waals surface area contributed by atoms with Gasteiger partial charge < -0.3 is 14.2 Å². The number of rotatable bonds is 9. The molecular weight excluding hydrogens is 370 g/mol. The Morgan fingerprint density at radius 2 is 1.76 bits per heavy atom. The third-order valence-electron chi connectivity index (χ3n) is 4.57. The van der Waals surface area contributed by atoms with E-state index < -0.39 is 0 Å². The molecule has 0 saturated heterocycles. The number of benzene rings is 2. The number of methoxy groups -OCH3 is 2. The van der Waals surface area contributed by atoms with Crippen LogP contribution >= 0.6 is 0 Å². The Morgan fingerprint density at radius 1 is 1.03 bits per heavy atom. The van der Waals surface area contributed by atoms with Crippen LogP contribution in [0.1, 0.15) is 29.6 Å². The lowest BCUT2D eigenvalue weighted by Gasteiger charge is -2.15. The quantitative estimate of drug-likeness (QED) is 0.513. The van der Waals surface area contributed by atoms with Crippen molar-refractivity contribution < 1.29 is 19.0 Å². The summed E-state index contributed by atoms with van der Waals surface area (Å²) in [5.74, 6) is 0.665. The minimum Gasteiger partial charge on any atom is -0.497 e. The van der Waals surface area contributed by atoms with E-state index in [1.165, 1.54) is 4.68 Å². The summed E-state index contributed by atoms with van der Waals surface area (Å²) in [6.07, 6.45) is 0.643. The standard InChI is InChI=1S/C22H25N3O4/c1-4-19(16-8-6-5-7-9-16)21(26)25-20(17-10-12-18(28-3)13-11-17)23-22(24-25)29-15-14-27-2/h5-13,19H,4,14-15H2,1-3H3. The van der Waals surface area contributed by atoms with Crippen molar-refractivity contribution in [2.24, 2.45) is 0 Å². The first-order chi connectivity index (χ1) is 14.2. The highest BCUT2D eigenvalue weighted by Gasteiger charge is 2.26. The molecule has 0 bridgehead atoms. The van der Waals surface area contributed by atoms with Gasteiger partial charge in [-0.2, -0.15) is 9.67 Å². The number of carbonyl (C=O) groups excluding carboxylic acids is 1. The molecule has 0 saturated carbocycles. The lowest BCUT2D eigenvalue weighted by atomic mass is 9.95. The van der Waals surface area contributed by atoms with Gasteiger partial charge in [0.15, 0.2) is 5.82 Å². The molecule has 0 amide bonds. The third kappa shape index (κ3) is 4.81. The van der Waals surface area contributed by atoms with Crippen molar-refractivity contribution in [2.45, 2.75) is 19.3 Å². The van der Waals surface area contributed by atoms with E-state index in [1.807, 2.05) is 61.5 Å². The predicted molar refractivity (Wildman–Crippen MR) is 109 cm³/mol. The molecular formula is C22H25N3O4. The van der Waals surface area contributed by atoms with E-state index in [-0.39, 0.29) is 17.8 Å². The number of hydrogen-bond acceptors (Lipinski definition) is 6. The number of hydrogen-bond donors (Lipinski definition) is 0. The van der Waals surface area contributed by atoms with Crippen LogP contribution in [0.2, 0.25) is 0 Å². The second-order valence-electron chi connectivity index (χ2n) is 6.41. The van der Waals surface area contributed by atoms with Gasteiger partial charge in [0.1, 0.15) is 12.4 Å². The Kier molecular flexibility index (Phi) is 6.97. The third-order valence-corrected chi connectivity index (χ3v) is 4.57. The fourth-order valence-corrected chi connectivity index (χ4v) is 3.04. The van der Waals surface area contributed by atoms with Crippen LogP contribution in [0.25, 0.3) is 11.4 Å². The molecule has 0 fully saturated rings. The van der Waals surface area contributed by atoms with Crippen LogP contribution in [-0.2, 0) is 4.74 Å². The zero-order chi connectivity index (χ0) is 20.6. The second-order valence-corrected chi connectivity index (χ2v) is 6.41. The van der Waals surface area contributed by atoms with Crippen molar-refractivity contribution in [1.29, 1.82) is 0 Å². The monoisotopic (exact) mass is 395 g/mol. The average Bonchev–Trinajstić information content (AvgIpc) is 3.19. The molecule has 1 aromatic heterocycles. The number of carbonyl (C=O) groups is 1. The topological polar surface area (TPSA) is 75.5 Å². The van der Waals surface area contributed by atoms with E-state index in [4.69, 9.17) is 14.2 Å². The molecule has 3 aromatic rings. The molecule has 0 spiro atoms. The first-order valence-corrected chi connectivity index (χ1v) is 9.50. The lowest BCUT2D eigenvalue weighted by molar-refractivity contribution is 0.0857. The smallest absolute Gasteiger partial charge is 0.336 e. The second kappa shape index (κ2) is 9.84. The molecule has 2 aromatic carbocycles. The maximum Gasteiger partial charge on any atom is 0.336 e. The van der Waals surface area contributed by atoms with Gasteiger partial charge in [-0.3, -0.25) is 4.79 Å². The largest absolute Gasteiger partial charge is 0.497 e. The lowest BCUT2D eigenvalue weighted by Crippen LogP contribution is -2.22. The highest BCUT2D eigenvalue weighted by atomic mass is 16.5. The molecule has 0 aliphatic carbocycles. The fraction of sp³-hybridized carbons (Fsp3) is 0.318. The minimum absolute atomic E-state index is 0.143. The Balaban J connectivity index is 1.99. The van der Waals surface area contributed by atoms with Crippen LogP contribution in [0.5, 0.6) is 11.8 Å². The van der Waals surface area contributed by atoms with Crippen molar-refractivity contribution in [3.8, 4) is 23.1 Å². The van der Waals surface area contributed by atoms with Gasteiger partial charge >= 0.3 is 6.01 Å². The van der Waals surface area contributed by atoms with Crippen molar-refractivity contribution in [3.63, 3.8) is 0 Å². The Morgan fingerprint density at radius 3 is 2.38 bits per heavy atom. The summed E-state index contributed by atoms with van der Waals surface area (Å²) in [4.78, 5) is 17.8. The normalized spacial score (nSPS) is 11.8. The molecule has 7 heteroatoms. The fourth-order valence-electron chi connectivity index (χ4n) is 3.04. The van der Waals surface area contributed by atoms with E-state index in [2.05, 4.69) is 10.1 Å². The van der Waals surface area contributed by atoms with Crippen molar-refractivity contribution in [3.05, 3.63) is 60.2 Å². The highest BCUT2D eigenvalue weighted by molar-refractivity contribution is 5.88. The number of nitrogens with zero attached hydrogens (tertiary/aromatic N) is 3. The first kappa shape index (κ1) is 20.5. The summed E-state index contributed by atoms with van der Waals surface area (Å²) in [5, 5.41) is 4.34.